The topological polar surface area (TPSA) is 105 Å². The third kappa shape index (κ3) is 6.01. The van der Waals surface area contributed by atoms with Crippen LogP contribution in [0.2, 0.25) is 5.02 Å². The van der Waals surface area contributed by atoms with Crippen molar-refractivity contribution in [3.05, 3.63) is 28.8 Å². The van der Waals surface area contributed by atoms with Gasteiger partial charge in [0.1, 0.15) is 11.3 Å². The first-order chi connectivity index (χ1) is 10.3. The Bertz CT molecular complexity index is 574. The van der Waals surface area contributed by atoms with E-state index in [1.165, 1.54) is 18.2 Å². The van der Waals surface area contributed by atoms with Crippen LogP contribution in [0.4, 0.5) is 0 Å². The molecule has 120 valence electrons. The van der Waals surface area contributed by atoms with E-state index in [1.807, 2.05) is 0 Å². The Hall–Kier alpha value is -2.28. The fourth-order valence-electron chi connectivity index (χ4n) is 1.49. The molecule has 0 aliphatic heterocycles. The highest BCUT2D eigenvalue weighted by molar-refractivity contribution is 6.30. The molecule has 0 fully saturated rings. The van der Waals surface area contributed by atoms with Gasteiger partial charge in [-0.05, 0) is 32.0 Å². The number of phenols is 1. The van der Waals surface area contributed by atoms with Crippen molar-refractivity contribution in [2.75, 3.05) is 13.2 Å². The van der Waals surface area contributed by atoms with Crippen molar-refractivity contribution in [3.8, 4) is 5.75 Å². The van der Waals surface area contributed by atoms with Crippen LogP contribution >= 0.6 is 11.6 Å². The number of phenolic OH excluding ortho intramolecular Hbond substituents is 1. The zero-order valence-electron chi connectivity index (χ0n) is 12.2. The summed E-state index contributed by atoms with van der Waals surface area (Å²) < 4.78 is 4.74. The number of esters is 1. The third-order valence-corrected chi connectivity index (χ3v) is 2.64. The molecule has 0 aliphatic carbocycles. The lowest BCUT2D eigenvalue weighted by Gasteiger charge is -2.10. The van der Waals surface area contributed by atoms with E-state index < -0.39 is 18.5 Å². The number of rotatable bonds is 6. The number of nitrogens with one attached hydrogen (secondary N) is 2. The van der Waals surface area contributed by atoms with Crippen molar-refractivity contribution in [2.45, 2.75) is 19.9 Å². The zero-order valence-corrected chi connectivity index (χ0v) is 12.9. The van der Waals surface area contributed by atoms with Crippen LogP contribution in [0, 0.1) is 0 Å². The average molecular weight is 329 g/mol. The first-order valence-electron chi connectivity index (χ1n) is 6.51. The summed E-state index contributed by atoms with van der Waals surface area (Å²) in [6.45, 7) is 2.82. The quantitative estimate of drug-likeness (QED) is 0.671. The molecule has 1 aromatic rings. The molecule has 22 heavy (non-hydrogen) atoms. The summed E-state index contributed by atoms with van der Waals surface area (Å²) in [6.07, 6.45) is 0. The molecule has 0 atom stereocenters. The number of carbonyl (C=O) groups excluding carboxylic acids is 3. The van der Waals surface area contributed by atoms with Crippen LogP contribution in [0.1, 0.15) is 24.2 Å². The smallest absolute Gasteiger partial charge is 0.342 e. The number of aromatic hydroxyl groups is 1. The fourth-order valence-corrected chi connectivity index (χ4v) is 1.66. The second-order valence-corrected chi connectivity index (χ2v) is 5.17. The summed E-state index contributed by atoms with van der Waals surface area (Å²) in [7, 11) is 0. The Morgan fingerprint density at radius 1 is 1.27 bits per heavy atom. The molecule has 8 heteroatoms. The molecule has 3 N–H and O–H groups in total. The summed E-state index contributed by atoms with van der Waals surface area (Å²) in [5.41, 5.74) is -0.102. The van der Waals surface area contributed by atoms with Gasteiger partial charge in [0.15, 0.2) is 6.61 Å². The Kier molecular flexibility index (Phi) is 6.65. The molecule has 0 saturated carbocycles. The minimum Gasteiger partial charge on any atom is -0.507 e. The van der Waals surface area contributed by atoms with E-state index in [0.29, 0.717) is 0 Å². The van der Waals surface area contributed by atoms with Crippen molar-refractivity contribution >= 4 is 29.4 Å². The third-order valence-electron chi connectivity index (χ3n) is 2.41. The minimum absolute atomic E-state index is 0.0323. The van der Waals surface area contributed by atoms with Crippen LogP contribution in [0.15, 0.2) is 18.2 Å². The monoisotopic (exact) mass is 328 g/mol. The molecule has 0 bridgehead atoms. The number of hydrogen-bond donors (Lipinski definition) is 3. The van der Waals surface area contributed by atoms with Gasteiger partial charge in [0.2, 0.25) is 5.91 Å². The summed E-state index contributed by atoms with van der Waals surface area (Å²) in [6, 6.07) is 3.85. The van der Waals surface area contributed by atoms with Crippen LogP contribution in [0.25, 0.3) is 0 Å². The van der Waals surface area contributed by atoms with Gasteiger partial charge in [0.25, 0.3) is 5.91 Å². The standard InChI is InChI=1S/C14H17ClN2O5/c1-8(2)17-12(19)6-16-13(20)7-22-14(21)10-4-3-9(15)5-11(10)18/h3-5,8,18H,6-7H2,1-2H3,(H,16,20)(H,17,19). The van der Waals surface area contributed by atoms with E-state index in [2.05, 4.69) is 10.6 Å². The van der Waals surface area contributed by atoms with Crippen molar-refractivity contribution in [2.24, 2.45) is 0 Å². The van der Waals surface area contributed by atoms with Crippen LogP contribution < -0.4 is 10.6 Å². The maximum Gasteiger partial charge on any atom is 0.342 e. The van der Waals surface area contributed by atoms with Gasteiger partial charge in [-0.15, -0.1) is 0 Å². The molecule has 0 aromatic heterocycles. The van der Waals surface area contributed by atoms with Gasteiger partial charge in [-0.2, -0.15) is 0 Å². The number of ether oxygens (including phenoxy) is 1. The number of hydrogen-bond acceptors (Lipinski definition) is 5. The zero-order chi connectivity index (χ0) is 16.7. The van der Waals surface area contributed by atoms with Crippen molar-refractivity contribution in [1.82, 2.24) is 10.6 Å². The average Bonchev–Trinajstić information content (AvgIpc) is 2.41. The van der Waals surface area contributed by atoms with E-state index in [4.69, 9.17) is 16.3 Å². The van der Waals surface area contributed by atoms with E-state index >= 15 is 0 Å². The van der Waals surface area contributed by atoms with Crippen molar-refractivity contribution < 1.29 is 24.2 Å². The molecule has 1 aromatic carbocycles. The highest BCUT2D eigenvalue weighted by atomic mass is 35.5. The summed E-state index contributed by atoms with van der Waals surface area (Å²) in [5.74, 6) is -2.17. The van der Waals surface area contributed by atoms with Gasteiger partial charge in [-0.1, -0.05) is 11.6 Å². The van der Waals surface area contributed by atoms with Gasteiger partial charge in [-0.25, -0.2) is 4.79 Å². The Balaban J connectivity index is 2.40. The lowest BCUT2D eigenvalue weighted by atomic mass is 10.2. The molecule has 0 unspecified atom stereocenters. The normalized spacial score (nSPS) is 10.2. The predicted molar refractivity (Wildman–Crippen MR) is 79.7 cm³/mol. The predicted octanol–water partition coefficient (Wildman–Crippen LogP) is 0.843. The van der Waals surface area contributed by atoms with Gasteiger partial charge < -0.3 is 20.5 Å². The SMILES string of the molecule is CC(C)NC(=O)CNC(=O)COC(=O)c1ccc(Cl)cc1O. The van der Waals surface area contributed by atoms with Crippen LogP contribution in [-0.4, -0.2) is 42.1 Å². The molecule has 0 saturated heterocycles. The maximum absolute atomic E-state index is 11.7. The molecule has 2 amide bonds. The Labute approximate surface area is 132 Å². The van der Waals surface area contributed by atoms with Crippen LogP contribution in [0.3, 0.4) is 0 Å². The number of amides is 2. The largest absolute Gasteiger partial charge is 0.507 e. The minimum atomic E-state index is -0.865. The lowest BCUT2D eigenvalue weighted by molar-refractivity contribution is -0.128. The lowest BCUT2D eigenvalue weighted by Crippen LogP contribution is -2.41. The highest BCUT2D eigenvalue weighted by Crippen LogP contribution is 2.22. The Morgan fingerprint density at radius 2 is 1.95 bits per heavy atom. The van der Waals surface area contributed by atoms with Gasteiger partial charge >= 0.3 is 5.97 Å². The first-order valence-corrected chi connectivity index (χ1v) is 6.89. The second-order valence-electron chi connectivity index (χ2n) is 4.74. The van der Waals surface area contributed by atoms with Crippen LogP contribution in [0.5, 0.6) is 5.75 Å². The van der Waals surface area contributed by atoms with E-state index in [1.54, 1.807) is 13.8 Å². The molecule has 0 radical (unpaired) electrons. The molecular weight excluding hydrogens is 312 g/mol. The summed E-state index contributed by atoms with van der Waals surface area (Å²) >= 11 is 5.64. The molecule has 7 nitrogen and oxygen atoms in total. The van der Waals surface area contributed by atoms with E-state index in [-0.39, 0.29) is 34.8 Å². The van der Waals surface area contributed by atoms with E-state index in [9.17, 15) is 19.5 Å². The summed E-state index contributed by atoms with van der Waals surface area (Å²) in [4.78, 5) is 34.5. The highest BCUT2D eigenvalue weighted by Gasteiger charge is 2.15. The number of halogens is 1. The summed E-state index contributed by atoms with van der Waals surface area (Å²) in [5, 5.41) is 14.7. The molecule has 0 heterocycles. The van der Waals surface area contributed by atoms with Gasteiger partial charge in [0.05, 0.1) is 6.54 Å². The molecule has 0 aliphatic rings. The van der Waals surface area contributed by atoms with Gasteiger partial charge in [-0.3, -0.25) is 9.59 Å². The fraction of sp³-hybridized carbons (Fsp3) is 0.357. The maximum atomic E-state index is 11.7. The van der Waals surface area contributed by atoms with Crippen molar-refractivity contribution in [1.29, 1.82) is 0 Å². The Morgan fingerprint density at radius 3 is 2.55 bits per heavy atom. The number of benzene rings is 1. The number of carbonyl (C=O) groups is 3. The van der Waals surface area contributed by atoms with Gasteiger partial charge in [0, 0.05) is 11.1 Å². The van der Waals surface area contributed by atoms with Crippen LogP contribution in [-0.2, 0) is 14.3 Å². The van der Waals surface area contributed by atoms with E-state index in [0.717, 1.165) is 0 Å². The first kappa shape index (κ1) is 17.8. The molecule has 0 spiro atoms. The molecule has 1 rings (SSSR count). The second kappa shape index (κ2) is 8.23. The molecular formula is C14H17ClN2O5. The van der Waals surface area contributed by atoms with Crippen molar-refractivity contribution in [3.63, 3.8) is 0 Å².